The highest BCUT2D eigenvalue weighted by molar-refractivity contribution is 5.90. The van der Waals surface area contributed by atoms with E-state index in [0.717, 1.165) is 11.3 Å². The number of carbonyl (C=O) groups is 1. The average molecular weight is 270 g/mol. The van der Waals surface area contributed by atoms with E-state index in [1.165, 1.54) is 0 Å². The first-order valence-electron chi connectivity index (χ1n) is 6.48. The highest BCUT2D eigenvalue weighted by Gasteiger charge is 2.03. The van der Waals surface area contributed by atoms with Gasteiger partial charge in [-0.05, 0) is 43.3 Å². The molecule has 0 aromatic heterocycles. The van der Waals surface area contributed by atoms with E-state index in [9.17, 15) is 4.79 Å². The number of nitrogens with one attached hydrogen (secondary N) is 1. The summed E-state index contributed by atoms with van der Waals surface area (Å²) in [6.45, 7) is 2.34. The van der Waals surface area contributed by atoms with Gasteiger partial charge in [0.25, 0.3) is 0 Å². The topological polar surface area (TPSA) is 64.3 Å². The second-order valence-corrected chi connectivity index (χ2v) is 4.58. The van der Waals surface area contributed by atoms with Gasteiger partial charge in [-0.15, -0.1) is 0 Å². The van der Waals surface area contributed by atoms with Crippen LogP contribution in [-0.4, -0.2) is 12.5 Å². The average Bonchev–Trinajstić information content (AvgIpc) is 2.44. The molecule has 2 aromatic rings. The number of hydrogen-bond acceptors (Lipinski definition) is 3. The second-order valence-electron chi connectivity index (χ2n) is 4.58. The van der Waals surface area contributed by atoms with Gasteiger partial charge >= 0.3 is 0 Å². The number of nitrogen functional groups attached to an aromatic ring is 1. The third kappa shape index (κ3) is 4.31. The summed E-state index contributed by atoms with van der Waals surface area (Å²) < 4.78 is 5.47. The van der Waals surface area contributed by atoms with Crippen LogP contribution in [0.4, 0.5) is 11.4 Å². The van der Waals surface area contributed by atoms with Gasteiger partial charge in [0.2, 0.25) is 5.91 Å². The van der Waals surface area contributed by atoms with Gasteiger partial charge in [-0.2, -0.15) is 0 Å². The minimum atomic E-state index is -0.0655. The molecule has 0 saturated carbocycles. The van der Waals surface area contributed by atoms with Gasteiger partial charge in [-0.1, -0.05) is 17.7 Å². The number of hydrogen-bond donors (Lipinski definition) is 2. The second kappa shape index (κ2) is 6.61. The van der Waals surface area contributed by atoms with Gasteiger partial charge < -0.3 is 15.8 Å². The summed E-state index contributed by atoms with van der Waals surface area (Å²) in [6, 6.07) is 14.8. The summed E-state index contributed by atoms with van der Waals surface area (Å²) >= 11 is 0. The Kier molecular flexibility index (Phi) is 4.60. The molecule has 20 heavy (non-hydrogen) atoms. The molecule has 3 N–H and O–H groups in total. The van der Waals surface area contributed by atoms with Gasteiger partial charge in [-0.25, -0.2) is 0 Å². The van der Waals surface area contributed by atoms with Crippen molar-refractivity contribution >= 4 is 17.3 Å². The van der Waals surface area contributed by atoms with Crippen LogP contribution >= 0.6 is 0 Å². The molecule has 1 amide bonds. The Morgan fingerprint density at radius 2 is 1.75 bits per heavy atom. The number of ether oxygens (including phenoxy) is 1. The number of benzene rings is 2. The summed E-state index contributed by atoms with van der Waals surface area (Å²) in [5.74, 6) is 0.645. The van der Waals surface area contributed by atoms with Crippen molar-refractivity contribution in [2.24, 2.45) is 0 Å². The zero-order valence-electron chi connectivity index (χ0n) is 11.4. The monoisotopic (exact) mass is 270 g/mol. The minimum Gasteiger partial charge on any atom is -0.493 e. The van der Waals surface area contributed by atoms with Gasteiger partial charge in [0.05, 0.1) is 13.0 Å². The van der Waals surface area contributed by atoms with E-state index in [1.807, 2.05) is 31.2 Å². The number of aryl methyl sites for hydroxylation is 1. The summed E-state index contributed by atoms with van der Waals surface area (Å²) in [6.07, 6.45) is 0.304. The molecule has 0 radical (unpaired) electrons. The van der Waals surface area contributed by atoms with E-state index in [1.54, 1.807) is 24.3 Å². The molecule has 0 fully saturated rings. The lowest BCUT2D eigenvalue weighted by molar-refractivity contribution is -0.116. The Morgan fingerprint density at radius 3 is 2.40 bits per heavy atom. The van der Waals surface area contributed by atoms with Crippen molar-refractivity contribution < 1.29 is 9.53 Å². The van der Waals surface area contributed by atoms with Crippen molar-refractivity contribution in [1.82, 2.24) is 0 Å². The molecule has 0 bridgehead atoms. The molecule has 4 heteroatoms. The highest BCUT2D eigenvalue weighted by Crippen LogP contribution is 2.13. The summed E-state index contributed by atoms with van der Waals surface area (Å²) in [7, 11) is 0. The zero-order valence-corrected chi connectivity index (χ0v) is 11.4. The van der Waals surface area contributed by atoms with Crippen molar-refractivity contribution in [2.75, 3.05) is 17.7 Å². The van der Waals surface area contributed by atoms with Crippen molar-refractivity contribution in [3.63, 3.8) is 0 Å². The zero-order chi connectivity index (χ0) is 14.4. The van der Waals surface area contributed by atoms with Gasteiger partial charge in [0.15, 0.2) is 0 Å². The first-order valence-corrected chi connectivity index (χ1v) is 6.48. The summed E-state index contributed by atoms with van der Waals surface area (Å²) in [5.41, 5.74) is 8.23. The quantitative estimate of drug-likeness (QED) is 0.821. The largest absolute Gasteiger partial charge is 0.493 e. The molecule has 0 aliphatic heterocycles. The molecule has 0 aliphatic carbocycles. The molecular weight excluding hydrogens is 252 g/mol. The first kappa shape index (κ1) is 13.9. The van der Waals surface area contributed by atoms with Crippen molar-refractivity contribution in [2.45, 2.75) is 13.3 Å². The van der Waals surface area contributed by atoms with Crippen LogP contribution in [0.25, 0.3) is 0 Å². The molecule has 104 valence electrons. The minimum absolute atomic E-state index is 0.0655. The molecule has 2 rings (SSSR count). The van der Waals surface area contributed by atoms with Crippen LogP contribution in [0, 0.1) is 6.92 Å². The molecule has 0 heterocycles. The van der Waals surface area contributed by atoms with E-state index in [0.29, 0.717) is 24.5 Å². The maximum atomic E-state index is 11.7. The Bertz CT molecular complexity index is 562. The molecule has 0 unspecified atom stereocenters. The van der Waals surface area contributed by atoms with E-state index in [2.05, 4.69) is 5.32 Å². The molecule has 2 aromatic carbocycles. The van der Waals surface area contributed by atoms with Crippen LogP contribution < -0.4 is 15.8 Å². The van der Waals surface area contributed by atoms with Crippen LogP contribution in [0.5, 0.6) is 5.75 Å². The van der Waals surface area contributed by atoms with E-state index in [-0.39, 0.29) is 5.91 Å². The lowest BCUT2D eigenvalue weighted by Gasteiger charge is -2.07. The molecular formula is C16H18N2O2. The Labute approximate surface area is 118 Å². The normalized spacial score (nSPS) is 10.1. The number of carbonyl (C=O) groups excluding carboxylic acids is 1. The van der Waals surface area contributed by atoms with Crippen LogP contribution in [0.3, 0.4) is 0 Å². The number of rotatable bonds is 5. The van der Waals surface area contributed by atoms with E-state index < -0.39 is 0 Å². The van der Waals surface area contributed by atoms with Crippen molar-refractivity contribution in [3.8, 4) is 5.75 Å². The Morgan fingerprint density at radius 1 is 1.10 bits per heavy atom. The van der Waals surface area contributed by atoms with Crippen molar-refractivity contribution in [1.29, 1.82) is 0 Å². The SMILES string of the molecule is Cc1ccc(NC(=O)CCOc2ccc(N)cc2)cc1. The van der Waals surface area contributed by atoms with Crippen LogP contribution in [0.15, 0.2) is 48.5 Å². The lowest BCUT2D eigenvalue weighted by Crippen LogP contribution is -2.15. The van der Waals surface area contributed by atoms with Gasteiger partial charge in [0.1, 0.15) is 5.75 Å². The van der Waals surface area contributed by atoms with Crippen LogP contribution in [-0.2, 0) is 4.79 Å². The molecule has 0 spiro atoms. The fourth-order valence-electron chi connectivity index (χ4n) is 1.69. The summed E-state index contributed by atoms with van der Waals surface area (Å²) in [5, 5.41) is 2.83. The maximum Gasteiger partial charge on any atom is 0.227 e. The Balaban J connectivity index is 1.75. The maximum absolute atomic E-state index is 11.7. The molecule has 0 atom stereocenters. The first-order chi connectivity index (χ1) is 9.63. The predicted molar refractivity (Wildman–Crippen MR) is 80.8 cm³/mol. The third-order valence-corrected chi connectivity index (χ3v) is 2.81. The summed E-state index contributed by atoms with van der Waals surface area (Å²) in [4.78, 5) is 11.7. The lowest BCUT2D eigenvalue weighted by atomic mass is 10.2. The molecule has 4 nitrogen and oxygen atoms in total. The number of amides is 1. The fourth-order valence-corrected chi connectivity index (χ4v) is 1.69. The highest BCUT2D eigenvalue weighted by atomic mass is 16.5. The Hall–Kier alpha value is -2.49. The fraction of sp³-hybridized carbons (Fsp3) is 0.188. The van der Waals surface area contributed by atoms with Gasteiger partial charge in [-0.3, -0.25) is 4.79 Å². The van der Waals surface area contributed by atoms with Crippen molar-refractivity contribution in [3.05, 3.63) is 54.1 Å². The van der Waals surface area contributed by atoms with Crippen LogP contribution in [0.2, 0.25) is 0 Å². The van der Waals surface area contributed by atoms with Crippen LogP contribution in [0.1, 0.15) is 12.0 Å². The number of nitrogens with two attached hydrogens (primary N) is 1. The smallest absolute Gasteiger partial charge is 0.227 e. The number of anilines is 2. The third-order valence-electron chi connectivity index (χ3n) is 2.81. The van der Waals surface area contributed by atoms with E-state index >= 15 is 0 Å². The standard InChI is InChI=1S/C16H18N2O2/c1-12-2-6-14(7-3-12)18-16(19)10-11-20-15-8-4-13(17)5-9-15/h2-9H,10-11,17H2,1H3,(H,18,19). The molecule has 0 saturated heterocycles. The van der Waals surface area contributed by atoms with Gasteiger partial charge in [0, 0.05) is 11.4 Å². The molecule has 0 aliphatic rings. The predicted octanol–water partition coefficient (Wildman–Crippen LogP) is 2.98. The van der Waals surface area contributed by atoms with E-state index in [4.69, 9.17) is 10.5 Å².